The van der Waals surface area contributed by atoms with Crippen molar-refractivity contribution in [1.82, 2.24) is 0 Å². The third-order valence-corrected chi connectivity index (χ3v) is 2.81. The lowest BCUT2D eigenvalue weighted by atomic mass is 10.1. The van der Waals surface area contributed by atoms with Crippen LogP contribution in [0.4, 0.5) is 0 Å². The van der Waals surface area contributed by atoms with E-state index in [0.717, 1.165) is 0 Å². The molecule has 0 radical (unpaired) electrons. The molecule has 5 heteroatoms. The molecule has 0 spiro atoms. The first kappa shape index (κ1) is 13.6. The molecule has 0 saturated carbocycles. The second-order valence-corrected chi connectivity index (χ2v) is 4.63. The van der Waals surface area contributed by atoms with Crippen molar-refractivity contribution in [2.24, 2.45) is 16.8 Å². The van der Waals surface area contributed by atoms with Gasteiger partial charge in [-0.3, -0.25) is 0 Å². The Morgan fingerprint density at radius 3 is 2.59 bits per heavy atom. The number of hydrogen-bond acceptors (Lipinski definition) is 3. The molecule has 0 aromatic heterocycles. The van der Waals surface area contributed by atoms with Crippen LogP contribution in [-0.2, 0) is 0 Å². The largest absolute Gasteiger partial charge is 0.490 e. The number of amidine groups is 1. The maximum absolute atomic E-state index is 8.70. The fraction of sp³-hybridized carbons (Fsp3) is 0.417. The predicted molar refractivity (Wildman–Crippen MR) is 68.9 cm³/mol. The Morgan fingerprint density at radius 1 is 1.41 bits per heavy atom. The summed E-state index contributed by atoms with van der Waals surface area (Å²) in [7, 11) is 0. The molecule has 0 bridgehead atoms. The van der Waals surface area contributed by atoms with Crippen LogP contribution in [0.2, 0.25) is 5.02 Å². The van der Waals surface area contributed by atoms with Gasteiger partial charge in [0, 0.05) is 5.02 Å². The number of halogens is 1. The summed E-state index contributed by atoms with van der Waals surface area (Å²) in [4.78, 5) is 0. The summed E-state index contributed by atoms with van der Waals surface area (Å²) in [5.41, 5.74) is 6.11. The molecule has 1 rings (SSSR count). The van der Waals surface area contributed by atoms with Crippen molar-refractivity contribution in [2.45, 2.75) is 26.9 Å². The Labute approximate surface area is 106 Å². The van der Waals surface area contributed by atoms with Gasteiger partial charge in [-0.05, 0) is 31.0 Å². The smallest absolute Gasteiger partial charge is 0.173 e. The molecule has 1 unspecified atom stereocenters. The van der Waals surface area contributed by atoms with Crippen molar-refractivity contribution in [2.75, 3.05) is 0 Å². The summed E-state index contributed by atoms with van der Waals surface area (Å²) in [5, 5.41) is 12.2. The Bertz CT molecular complexity index is 419. The van der Waals surface area contributed by atoms with Crippen molar-refractivity contribution >= 4 is 17.4 Å². The van der Waals surface area contributed by atoms with Gasteiger partial charge in [-0.1, -0.05) is 30.6 Å². The van der Waals surface area contributed by atoms with Crippen molar-refractivity contribution in [3.63, 3.8) is 0 Å². The lowest BCUT2D eigenvalue weighted by Crippen LogP contribution is -2.22. The molecule has 0 heterocycles. The van der Waals surface area contributed by atoms with Crippen molar-refractivity contribution in [1.29, 1.82) is 0 Å². The molecule has 4 nitrogen and oxygen atoms in total. The normalized spacial score (nSPS) is 13.8. The quantitative estimate of drug-likeness (QED) is 0.377. The van der Waals surface area contributed by atoms with Crippen molar-refractivity contribution in [3.8, 4) is 5.75 Å². The van der Waals surface area contributed by atoms with Gasteiger partial charge in [0.15, 0.2) is 5.84 Å². The van der Waals surface area contributed by atoms with Gasteiger partial charge in [-0.25, -0.2) is 0 Å². The van der Waals surface area contributed by atoms with Crippen LogP contribution in [0, 0.1) is 5.92 Å². The van der Waals surface area contributed by atoms with Crippen molar-refractivity contribution in [3.05, 3.63) is 28.8 Å². The van der Waals surface area contributed by atoms with Gasteiger partial charge in [0.25, 0.3) is 0 Å². The molecule has 1 aromatic carbocycles. The van der Waals surface area contributed by atoms with Crippen LogP contribution < -0.4 is 10.5 Å². The van der Waals surface area contributed by atoms with Crippen molar-refractivity contribution < 1.29 is 9.94 Å². The maximum Gasteiger partial charge on any atom is 0.173 e. The minimum absolute atomic E-state index is 0.00706. The molecule has 0 fully saturated rings. The number of oxime groups is 1. The number of nitrogens with two attached hydrogens (primary N) is 1. The van der Waals surface area contributed by atoms with Gasteiger partial charge in [0.2, 0.25) is 0 Å². The first-order valence-corrected chi connectivity index (χ1v) is 5.77. The fourth-order valence-electron chi connectivity index (χ4n) is 1.20. The van der Waals surface area contributed by atoms with Gasteiger partial charge < -0.3 is 15.7 Å². The second kappa shape index (κ2) is 5.77. The van der Waals surface area contributed by atoms with Gasteiger partial charge in [0.05, 0.1) is 11.7 Å². The molecule has 1 atom stereocenters. The van der Waals surface area contributed by atoms with E-state index >= 15 is 0 Å². The van der Waals surface area contributed by atoms with E-state index in [1.165, 1.54) is 0 Å². The molecule has 0 amide bonds. The monoisotopic (exact) mass is 256 g/mol. The Hall–Kier alpha value is -1.42. The lowest BCUT2D eigenvalue weighted by Gasteiger charge is -2.20. The third kappa shape index (κ3) is 3.53. The summed E-state index contributed by atoms with van der Waals surface area (Å²) < 4.78 is 5.75. The highest BCUT2D eigenvalue weighted by Gasteiger charge is 2.14. The number of rotatable bonds is 4. The van der Waals surface area contributed by atoms with Crippen LogP contribution in [0.5, 0.6) is 5.75 Å². The summed E-state index contributed by atoms with van der Waals surface area (Å²) in [6.45, 7) is 6.07. The van der Waals surface area contributed by atoms with E-state index in [0.29, 0.717) is 22.3 Å². The summed E-state index contributed by atoms with van der Waals surface area (Å²) in [5.74, 6) is 0.885. The summed E-state index contributed by atoms with van der Waals surface area (Å²) in [6, 6.07) is 5.00. The predicted octanol–water partition coefficient (Wildman–Crippen LogP) is 2.86. The zero-order chi connectivity index (χ0) is 13.0. The molecule has 0 aliphatic heterocycles. The molecule has 94 valence electrons. The molecular formula is C12H17ClN2O2. The number of benzene rings is 1. The minimum atomic E-state index is 0.00706. The molecule has 0 aliphatic rings. The van der Waals surface area contributed by atoms with Crippen LogP contribution in [-0.4, -0.2) is 17.1 Å². The number of hydrogen-bond donors (Lipinski definition) is 2. The van der Waals surface area contributed by atoms with E-state index < -0.39 is 0 Å². The zero-order valence-electron chi connectivity index (χ0n) is 10.1. The Kier molecular flexibility index (Phi) is 4.63. The van der Waals surface area contributed by atoms with Gasteiger partial charge in [-0.15, -0.1) is 0 Å². The number of ether oxygens (including phenoxy) is 1. The average molecular weight is 257 g/mol. The summed E-state index contributed by atoms with van der Waals surface area (Å²) >= 11 is 5.90. The number of nitrogens with zero attached hydrogens (tertiary/aromatic N) is 1. The minimum Gasteiger partial charge on any atom is -0.490 e. The van der Waals surface area contributed by atoms with Crippen LogP contribution in [0.3, 0.4) is 0 Å². The molecule has 1 aromatic rings. The molecule has 17 heavy (non-hydrogen) atoms. The molecular weight excluding hydrogens is 240 g/mol. The molecule has 0 saturated heterocycles. The lowest BCUT2D eigenvalue weighted by molar-refractivity contribution is 0.170. The van der Waals surface area contributed by atoms with Crippen LogP contribution in [0.1, 0.15) is 26.3 Å². The van der Waals surface area contributed by atoms with E-state index in [-0.39, 0.29) is 11.9 Å². The Balaban J connectivity index is 3.07. The first-order chi connectivity index (χ1) is 7.95. The second-order valence-electron chi connectivity index (χ2n) is 4.19. The highest BCUT2D eigenvalue weighted by Crippen LogP contribution is 2.25. The Morgan fingerprint density at radius 2 is 2.06 bits per heavy atom. The van der Waals surface area contributed by atoms with Gasteiger partial charge in [-0.2, -0.15) is 0 Å². The van der Waals surface area contributed by atoms with E-state index in [1.54, 1.807) is 18.2 Å². The van der Waals surface area contributed by atoms with E-state index in [9.17, 15) is 0 Å². The molecule has 0 aliphatic carbocycles. The van der Waals surface area contributed by atoms with E-state index in [4.69, 9.17) is 27.3 Å². The fourth-order valence-corrected chi connectivity index (χ4v) is 1.36. The third-order valence-electron chi connectivity index (χ3n) is 2.58. The SMILES string of the molecule is CC(C)C(C)Oc1cc(Cl)ccc1C(N)=NO. The van der Waals surface area contributed by atoms with Crippen LogP contribution >= 0.6 is 11.6 Å². The van der Waals surface area contributed by atoms with E-state index in [2.05, 4.69) is 19.0 Å². The highest BCUT2D eigenvalue weighted by molar-refractivity contribution is 6.30. The topological polar surface area (TPSA) is 67.8 Å². The van der Waals surface area contributed by atoms with E-state index in [1.807, 2.05) is 6.92 Å². The molecule has 3 N–H and O–H groups in total. The van der Waals surface area contributed by atoms with Gasteiger partial charge >= 0.3 is 0 Å². The van der Waals surface area contributed by atoms with Crippen LogP contribution in [0.25, 0.3) is 0 Å². The zero-order valence-corrected chi connectivity index (χ0v) is 10.9. The average Bonchev–Trinajstić information content (AvgIpc) is 2.28. The summed E-state index contributed by atoms with van der Waals surface area (Å²) in [6.07, 6.45) is 0.0127. The standard InChI is InChI=1S/C12H17ClN2O2/c1-7(2)8(3)17-11-6-9(13)4-5-10(11)12(14)15-16/h4-8,16H,1-3H3,(H2,14,15). The van der Waals surface area contributed by atoms with Gasteiger partial charge in [0.1, 0.15) is 5.75 Å². The maximum atomic E-state index is 8.70. The highest BCUT2D eigenvalue weighted by atomic mass is 35.5. The van der Waals surface area contributed by atoms with Crippen LogP contribution in [0.15, 0.2) is 23.4 Å². The first-order valence-electron chi connectivity index (χ1n) is 5.39.